The lowest BCUT2D eigenvalue weighted by Crippen LogP contribution is -2.24. The van der Waals surface area contributed by atoms with Crippen LogP contribution in [0.1, 0.15) is 13.8 Å². The van der Waals surface area contributed by atoms with E-state index in [-0.39, 0.29) is 5.28 Å². The van der Waals surface area contributed by atoms with Gasteiger partial charge in [0.2, 0.25) is 17.2 Å². The van der Waals surface area contributed by atoms with E-state index in [2.05, 4.69) is 20.3 Å². The van der Waals surface area contributed by atoms with Gasteiger partial charge in [-0.2, -0.15) is 15.0 Å². The molecule has 0 atom stereocenters. The maximum Gasteiger partial charge on any atom is 0.233 e. The molecule has 0 aliphatic carbocycles. The molecule has 21 heavy (non-hydrogen) atoms. The van der Waals surface area contributed by atoms with Crippen LogP contribution in [0.4, 0.5) is 17.6 Å². The molecule has 2 rings (SSSR count). The van der Waals surface area contributed by atoms with Gasteiger partial charge in [-0.25, -0.2) is 0 Å². The third kappa shape index (κ3) is 3.95. The number of anilines is 3. The predicted molar refractivity (Wildman–Crippen MR) is 84.7 cm³/mol. The molecular formula is C14H18ClN5O. The standard InChI is InChI=1S/C14H18ClN5O/c1-4-20(5-2)14-18-12(15)17-13(19-14)16-10-7-6-8-11(9-10)21-3/h6-9H,4-5H2,1-3H3,(H,16,17,18,19). The minimum Gasteiger partial charge on any atom is -0.497 e. The first kappa shape index (κ1) is 15.3. The summed E-state index contributed by atoms with van der Waals surface area (Å²) in [5.41, 5.74) is 0.821. The second-order valence-corrected chi connectivity index (χ2v) is 4.60. The summed E-state index contributed by atoms with van der Waals surface area (Å²) < 4.78 is 5.19. The zero-order chi connectivity index (χ0) is 15.2. The molecule has 0 aliphatic rings. The molecule has 0 bridgehead atoms. The second kappa shape index (κ2) is 7.08. The summed E-state index contributed by atoms with van der Waals surface area (Å²) in [7, 11) is 1.62. The number of nitrogens with zero attached hydrogens (tertiary/aromatic N) is 4. The average molecular weight is 308 g/mol. The Kier molecular flexibility index (Phi) is 5.16. The molecule has 1 heterocycles. The number of rotatable bonds is 6. The average Bonchev–Trinajstić information content (AvgIpc) is 2.48. The van der Waals surface area contributed by atoms with Crippen LogP contribution in [0.25, 0.3) is 0 Å². The second-order valence-electron chi connectivity index (χ2n) is 4.26. The normalized spacial score (nSPS) is 10.3. The molecule has 112 valence electrons. The minimum atomic E-state index is 0.164. The van der Waals surface area contributed by atoms with Gasteiger partial charge in [0.15, 0.2) is 0 Å². The van der Waals surface area contributed by atoms with E-state index in [1.807, 2.05) is 43.0 Å². The van der Waals surface area contributed by atoms with Crippen molar-refractivity contribution in [1.82, 2.24) is 15.0 Å². The first-order valence-electron chi connectivity index (χ1n) is 6.73. The Labute approximate surface area is 129 Å². The van der Waals surface area contributed by atoms with Gasteiger partial charge in [-0.05, 0) is 37.6 Å². The van der Waals surface area contributed by atoms with E-state index in [1.165, 1.54) is 0 Å². The van der Waals surface area contributed by atoms with Crippen LogP contribution in [0, 0.1) is 0 Å². The van der Waals surface area contributed by atoms with Gasteiger partial charge < -0.3 is 15.0 Å². The van der Waals surface area contributed by atoms with Crippen LogP contribution < -0.4 is 15.0 Å². The fraction of sp³-hybridized carbons (Fsp3) is 0.357. The van der Waals surface area contributed by atoms with Crippen LogP contribution >= 0.6 is 11.6 Å². The summed E-state index contributed by atoms with van der Waals surface area (Å²) in [6.07, 6.45) is 0. The summed E-state index contributed by atoms with van der Waals surface area (Å²) in [6, 6.07) is 7.51. The number of methoxy groups -OCH3 is 1. The Morgan fingerprint density at radius 2 is 1.95 bits per heavy atom. The lowest BCUT2D eigenvalue weighted by Gasteiger charge is -2.18. The first-order chi connectivity index (χ1) is 10.2. The molecule has 6 nitrogen and oxygen atoms in total. The summed E-state index contributed by atoms with van der Waals surface area (Å²) in [5, 5.41) is 3.27. The molecule has 0 saturated carbocycles. The topological polar surface area (TPSA) is 63.2 Å². The fourth-order valence-corrected chi connectivity index (χ4v) is 2.03. The van der Waals surface area contributed by atoms with Gasteiger partial charge in [-0.1, -0.05) is 6.07 Å². The Morgan fingerprint density at radius 3 is 2.62 bits per heavy atom. The molecule has 0 spiro atoms. The number of halogens is 1. The number of nitrogens with one attached hydrogen (secondary N) is 1. The van der Waals surface area contributed by atoms with E-state index >= 15 is 0 Å². The monoisotopic (exact) mass is 307 g/mol. The van der Waals surface area contributed by atoms with Gasteiger partial charge in [-0.15, -0.1) is 0 Å². The van der Waals surface area contributed by atoms with Crippen LogP contribution in [0.3, 0.4) is 0 Å². The molecule has 1 aromatic heterocycles. The molecule has 0 saturated heterocycles. The SMILES string of the molecule is CCN(CC)c1nc(Cl)nc(Nc2cccc(OC)c2)n1. The van der Waals surface area contributed by atoms with Crippen molar-refractivity contribution in [1.29, 1.82) is 0 Å². The maximum absolute atomic E-state index is 5.98. The van der Waals surface area contributed by atoms with E-state index in [4.69, 9.17) is 16.3 Å². The zero-order valence-electron chi connectivity index (χ0n) is 12.3. The van der Waals surface area contributed by atoms with E-state index in [9.17, 15) is 0 Å². The quantitative estimate of drug-likeness (QED) is 0.884. The molecule has 7 heteroatoms. The van der Waals surface area contributed by atoms with Crippen LogP contribution in [0.5, 0.6) is 5.75 Å². The van der Waals surface area contributed by atoms with Crippen molar-refractivity contribution in [2.75, 3.05) is 30.4 Å². The Balaban J connectivity index is 2.27. The summed E-state index contributed by atoms with van der Waals surface area (Å²) >= 11 is 5.98. The summed E-state index contributed by atoms with van der Waals surface area (Å²) in [5.74, 6) is 1.72. The largest absolute Gasteiger partial charge is 0.497 e. The van der Waals surface area contributed by atoms with Crippen molar-refractivity contribution in [3.05, 3.63) is 29.5 Å². The van der Waals surface area contributed by atoms with Gasteiger partial charge in [-0.3, -0.25) is 0 Å². The maximum atomic E-state index is 5.98. The summed E-state index contributed by atoms with van der Waals surface area (Å²) in [4.78, 5) is 14.7. The molecule has 1 aromatic carbocycles. The van der Waals surface area contributed by atoms with Crippen LogP contribution in [0.15, 0.2) is 24.3 Å². The van der Waals surface area contributed by atoms with E-state index in [1.54, 1.807) is 7.11 Å². The highest BCUT2D eigenvalue weighted by Crippen LogP contribution is 2.21. The molecule has 1 N–H and O–H groups in total. The smallest absolute Gasteiger partial charge is 0.233 e. The van der Waals surface area contributed by atoms with Crippen LogP contribution in [0.2, 0.25) is 5.28 Å². The third-order valence-corrected chi connectivity index (χ3v) is 3.14. The zero-order valence-corrected chi connectivity index (χ0v) is 13.1. The van der Waals surface area contributed by atoms with E-state index < -0.39 is 0 Å². The molecule has 0 amide bonds. The third-order valence-electron chi connectivity index (χ3n) is 2.97. The summed E-state index contributed by atoms with van der Waals surface area (Å²) in [6.45, 7) is 5.68. The molecule has 2 aromatic rings. The lowest BCUT2D eigenvalue weighted by atomic mass is 10.3. The molecule has 0 fully saturated rings. The van der Waals surface area contributed by atoms with Crippen molar-refractivity contribution >= 4 is 29.2 Å². The number of ether oxygens (including phenoxy) is 1. The van der Waals surface area contributed by atoms with Gasteiger partial charge in [0, 0.05) is 24.8 Å². The molecular weight excluding hydrogens is 290 g/mol. The predicted octanol–water partition coefficient (Wildman–Crippen LogP) is 3.12. The van der Waals surface area contributed by atoms with Crippen molar-refractivity contribution < 1.29 is 4.74 Å². The number of hydrogen-bond acceptors (Lipinski definition) is 6. The highest BCUT2D eigenvalue weighted by molar-refractivity contribution is 6.28. The number of hydrogen-bond donors (Lipinski definition) is 1. The Bertz CT molecular complexity index is 604. The Morgan fingerprint density at radius 1 is 1.19 bits per heavy atom. The minimum absolute atomic E-state index is 0.164. The lowest BCUT2D eigenvalue weighted by molar-refractivity contribution is 0.415. The van der Waals surface area contributed by atoms with Gasteiger partial charge >= 0.3 is 0 Å². The van der Waals surface area contributed by atoms with Crippen LogP contribution in [-0.2, 0) is 0 Å². The van der Waals surface area contributed by atoms with Gasteiger partial charge in [0.25, 0.3) is 0 Å². The number of aromatic nitrogens is 3. The first-order valence-corrected chi connectivity index (χ1v) is 7.11. The fourth-order valence-electron chi connectivity index (χ4n) is 1.87. The molecule has 0 aliphatic heterocycles. The molecule has 0 unspecified atom stereocenters. The molecule has 0 radical (unpaired) electrons. The van der Waals surface area contributed by atoms with Crippen LogP contribution in [-0.4, -0.2) is 35.2 Å². The Hall–Kier alpha value is -2.08. The van der Waals surface area contributed by atoms with Gasteiger partial charge in [0.05, 0.1) is 7.11 Å². The van der Waals surface area contributed by atoms with E-state index in [0.717, 1.165) is 24.5 Å². The highest BCUT2D eigenvalue weighted by Gasteiger charge is 2.10. The van der Waals surface area contributed by atoms with Gasteiger partial charge in [0.1, 0.15) is 5.75 Å². The van der Waals surface area contributed by atoms with Crippen molar-refractivity contribution in [2.24, 2.45) is 0 Å². The van der Waals surface area contributed by atoms with E-state index in [0.29, 0.717) is 11.9 Å². The van der Waals surface area contributed by atoms with Crippen molar-refractivity contribution in [3.63, 3.8) is 0 Å². The number of benzene rings is 1. The van der Waals surface area contributed by atoms with Crippen molar-refractivity contribution in [2.45, 2.75) is 13.8 Å². The van der Waals surface area contributed by atoms with Crippen molar-refractivity contribution in [3.8, 4) is 5.75 Å². The highest BCUT2D eigenvalue weighted by atomic mass is 35.5.